The lowest BCUT2D eigenvalue weighted by molar-refractivity contribution is -0.139. The predicted molar refractivity (Wildman–Crippen MR) is 97.2 cm³/mol. The zero-order valence-corrected chi connectivity index (χ0v) is 15.7. The van der Waals surface area contributed by atoms with Crippen molar-refractivity contribution in [1.82, 2.24) is 19.4 Å². The number of likely N-dealkylation sites (tertiary alicyclic amines) is 2. The lowest BCUT2D eigenvalue weighted by atomic mass is 9.72. The molecule has 0 aromatic carbocycles. The van der Waals surface area contributed by atoms with Crippen LogP contribution in [0.3, 0.4) is 0 Å². The van der Waals surface area contributed by atoms with Crippen LogP contribution in [0, 0.1) is 5.41 Å². The molecule has 0 radical (unpaired) electrons. The molecule has 0 bridgehead atoms. The highest BCUT2D eigenvalue weighted by atomic mass is 16.5. The highest BCUT2D eigenvalue weighted by molar-refractivity contribution is 5.77. The van der Waals surface area contributed by atoms with Crippen LogP contribution in [-0.4, -0.2) is 65.2 Å². The van der Waals surface area contributed by atoms with Gasteiger partial charge >= 0.3 is 0 Å². The van der Waals surface area contributed by atoms with E-state index < -0.39 is 0 Å². The van der Waals surface area contributed by atoms with E-state index in [1.54, 1.807) is 7.11 Å². The monoisotopic (exact) mass is 348 g/mol. The summed E-state index contributed by atoms with van der Waals surface area (Å²) in [6.07, 6.45) is 9.02. The number of carbonyl (C=O) groups is 1. The molecule has 3 heterocycles. The van der Waals surface area contributed by atoms with E-state index in [-0.39, 0.29) is 0 Å². The number of hydrogen-bond acceptors (Lipinski definition) is 4. The minimum atomic E-state index is 0.330. The maximum absolute atomic E-state index is 12.2. The minimum absolute atomic E-state index is 0.330. The van der Waals surface area contributed by atoms with Crippen LogP contribution >= 0.6 is 0 Å². The number of aryl methyl sites for hydroxylation is 1. The first-order chi connectivity index (χ1) is 12.2. The second-order valence-electron chi connectivity index (χ2n) is 7.61. The molecule has 0 unspecified atom stereocenters. The molecule has 1 aromatic heterocycles. The molecule has 0 atom stereocenters. The summed E-state index contributed by atoms with van der Waals surface area (Å²) in [6, 6.07) is 0. The molecule has 0 saturated carbocycles. The smallest absolute Gasteiger partial charge is 0.222 e. The molecule has 1 aromatic rings. The number of carbonyl (C=O) groups excluding carboxylic acids is 1. The van der Waals surface area contributed by atoms with Gasteiger partial charge in [-0.15, -0.1) is 0 Å². The Morgan fingerprint density at radius 2 is 2.08 bits per heavy atom. The van der Waals surface area contributed by atoms with Crippen LogP contribution in [0.25, 0.3) is 0 Å². The molecule has 2 aliphatic rings. The van der Waals surface area contributed by atoms with Gasteiger partial charge in [-0.3, -0.25) is 9.69 Å². The van der Waals surface area contributed by atoms with Crippen molar-refractivity contribution in [3.05, 3.63) is 18.2 Å². The standard InChI is InChI=1S/C19H32N4O2/c1-3-22-16-20-13-17(22)14-21-10-7-19(8-11-21)6-5-18(24)23(15-19)9-4-12-25-2/h13,16H,3-12,14-15H2,1-2H3. The summed E-state index contributed by atoms with van der Waals surface area (Å²) in [4.78, 5) is 21.1. The number of nitrogens with zero attached hydrogens (tertiary/aromatic N) is 4. The van der Waals surface area contributed by atoms with Crippen LogP contribution in [0.1, 0.15) is 44.7 Å². The molecule has 0 N–H and O–H groups in total. The molecule has 2 fully saturated rings. The fourth-order valence-corrected chi connectivity index (χ4v) is 4.29. The summed E-state index contributed by atoms with van der Waals surface area (Å²) in [6.45, 7) is 8.88. The Hall–Kier alpha value is -1.40. The molecule has 140 valence electrons. The number of ether oxygens (including phenoxy) is 1. The lowest BCUT2D eigenvalue weighted by Crippen LogP contribution is -2.51. The molecule has 1 amide bonds. The highest BCUT2D eigenvalue weighted by Crippen LogP contribution is 2.40. The maximum Gasteiger partial charge on any atom is 0.222 e. The van der Waals surface area contributed by atoms with Crippen LogP contribution in [0.4, 0.5) is 0 Å². The zero-order valence-electron chi connectivity index (χ0n) is 15.7. The third-order valence-electron chi connectivity index (χ3n) is 5.97. The van der Waals surface area contributed by atoms with Crippen molar-refractivity contribution in [3.63, 3.8) is 0 Å². The molecule has 2 aliphatic heterocycles. The van der Waals surface area contributed by atoms with Gasteiger partial charge in [-0.05, 0) is 51.1 Å². The van der Waals surface area contributed by atoms with E-state index in [1.165, 1.54) is 18.5 Å². The van der Waals surface area contributed by atoms with Gasteiger partial charge in [0.2, 0.25) is 5.91 Å². The van der Waals surface area contributed by atoms with Gasteiger partial charge in [0.1, 0.15) is 0 Å². The van der Waals surface area contributed by atoms with Gasteiger partial charge in [0.25, 0.3) is 0 Å². The van der Waals surface area contributed by atoms with Gasteiger partial charge in [0, 0.05) is 52.5 Å². The van der Waals surface area contributed by atoms with E-state index in [1.807, 2.05) is 12.5 Å². The molecule has 25 heavy (non-hydrogen) atoms. The van der Waals surface area contributed by atoms with Crippen LogP contribution < -0.4 is 0 Å². The van der Waals surface area contributed by atoms with Gasteiger partial charge in [0.15, 0.2) is 0 Å². The first kappa shape index (κ1) is 18.4. The Bertz CT molecular complexity index is 564. The molecule has 0 aliphatic carbocycles. The van der Waals surface area contributed by atoms with Crippen molar-refractivity contribution < 1.29 is 9.53 Å². The van der Waals surface area contributed by atoms with E-state index in [9.17, 15) is 4.79 Å². The summed E-state index contributed by atoms with van der Waals surface area (Å²) in [5.74, 6) is 0.330. The quantitative estimate of drug-likeness (QED) is 0.709. The van der Waals surface area contributed by atoms with E-state index in [4.69, 9.17) is 4.74 Å². The Balaban J connectivity index is 1.52. The van der Waals surface area contributed by atoms with Crippen LogP contribution in [0.5, 0.6) is 0 Å². The van der Waals surface area contributed by atoms with Crippen LogP contribution in [0.15, 0.2) is 12.5 Å². The van der Waals surface area contributed by atoms with Gasteiger partial charge < -0.3 is 14.2 Å². The largest absolute Gasteiger partial charge is 0.385 e. The van der Waals surface area contributed by atoms with E-state index >= 15 is 0 Å². The van der Waals surface area contributed by atoms with Crippen LogP contribution in [0.2, 0.25) is 0 Å². The van der Waals surface area contributed by atoms with Crippen molar-refractivity contribution in [2.24, 2.45) is 5.41 Å². The third kappa shape index (κ3) is 4.42. The molecule has 1 spiro atoms. The summed E-state index contributed by atoms with van der Waals surface area (Å²) in [5.41, 5.74) is 1.64. The summed E-state index contributed by atoms with van der Waals surface area (Å²) >= 11 is 0. The van der Waals surface area contributed by atoms with Crippen molar-refractivity contribution in [3.8, 4) is 0 Å². The van der Waals surface area contributed by atoms with E-state index in [0.717, 1.165) is 65.1 Å². The first-order valence-corrected chi connectivity index (χ1v) is 9.64. The highest BCUT2D eigenvalue weighted by Gasteiger charge is 2.40. The SMILES string of the molecule is CCn1cncc1CN1CCC2(CCC(=O)N(CCCOC)C2)CC1. The first-order valence-electron chi connectivity index (χ1n) is 9.64. The number of methoxy groups -OCH3 is 1. The van der Waals surface area contributed by atoms with Gasteiger partial charge in [0.05, 0.1) is 12.0 Å². The molecule has 3 rings (SSSR count). The molecular formula is C19H32N4O2. The minimum Gasteiger partial charge on any atom is -0.385 e. The average molecular weight is 348 g/mol. The zero-order chi connectivity index (χ0) is 17.7. The normalized spacial score (nSPS) is 21.2. The number of amides is 1. The number of rotatable bonds is 7. The summed E-state index contributed by atoms with van der Waals surface area (Å²) in [5, 5.41) is 0. The Morgan fingerprint density at radius 1 is 1.28 bits per heavy atom. The molecule has 2 saturated heterocycles. The van der Waals surface area contributed by atoms with E-state index in [2.05, 4.69) is 26.3 Å². The summed E-state index contributed by atoms with van der Waals surface area (Å²) in [7, 11) is 1.72. The van der Waals surface area contributed by atoms with Gasteiger partial charge in [-0.2, -0.15) is 0 Å². The van der Waals surface area contributed by atoms with Crippen LogP contribution in [-0.2, 0) is 22.6 Å². The number of aromatic nitrogens is 2. The third-order valence-corrected chi connectivity index (χ3v) is 5.97. The molecule has 6 heteroatoms. The van der Waals surface area contributed by atoms with Gasteiger partial charge in [-0.25, -0.2) is 4.98 Å². The van der Waals surface area contributed by atoms with Crippen molar-refractivity contribution in [2.75, 3.05) is 39.9 Å². The van der Waals surface area contributed by atoms with Crippen molar-refractivity contribution in [2.45, 2.75) is 52.1 Å². The van der Waals surface area contributed by atoms with Crippen molar-refractivity contribution in [1.29, 1.82) is 0 Å². The topological polar surface area (TPSA) is 50.6 Å². The fourth-order valence-electron chi connectivity index (χ4n) is 4.29. The maximum atomic E-state index is 12.2. The second kappa shape index (κ2) is 8.32. The van der Waals surface area contributed by atoms with Gasteiger partial charge in [-0.1, -0.05) is 0 Å². The molecule has 6 nitrogen and oxygen atoms in total. The Labute approximate surface area is 151 Å². The number of piperidine rings is 2. The lowest BCUT2D eigenvalue weighted by Gasteiger charge is -2.47. The second-order valence-corrected chi connectivity index (χ2v) is 7.61. The Morgan fingerprint density at radius 3 is 2.80 bits per heavy atom. The number of imidazole rings is 1. The predicted octanol–water partition coefficient (Wildman–Crippen LogP) is 2.14. The fraction of sp³-hybridized carbons (Fsp3) is 0.789. The average Bonchev–Trinajstić information content (AvgIpc) is 3.08. The molecular weight excluding hydrogens is 316 g/mol. The Kier molecular flexibility index (Phi) is 6.12. The summed E-state index contributed by atoms with van der Waals surface area (Å²) < 4.78 is 7.36. The van der Waals surface area contributed by atoms with E-state index in [0.29, 0.717) is 11.3 Å². The number of hydrogen-bond donors (Lipinski definition) is 0. The van der Waals surface area contributed by atoms with Crippen molar-refractivity contribution >= 4 is 5.91 Å².